The van der Waals surface area contributed by atoms with Gasteiger partial charge in [-0.3, -0.25) is 0 Å². The van der Waals surface area contributed by atoms with E-state index in [0.29, 0.717) is 12.1 Å². The molecule has 0 bridgehead atoms. The Labute approximate surface area is 108 Å². The summed E-state index contributed by atoms with van der Waals surface area (Å²) in [5, 5.41) is 0. The van der Waals surface area contributed by atoms with Crippen LogP contribution in [0.15, 0.2) is 0 Å². The molecule has 0 aliphatic heterocycles. The second-order valence-corrected chi connectivity index (χ2v) is 2.49. The Morgan fingerprint density at radius 2 is 0.692 bits per heavy atom. The van der Waals surface area contributed by atoms with E-state index in [1.165, 1.54) is 0 Å². The number of nitrogens with two attached hydrogens (primary N) is 2. The zero-order chi connectivity index (χ0) is 7.15. The third kappa shape index (κ3) is 1320. The molecule has 0 heterocycles. The standard InChI is InChI=1S/2C3H9N.2ClH.2H2O.Pt/c2*1-3(2)4;;;;;/h2*3H,4H2,1-2H3;2*1H;2*1H2;/q;;;;;;+4/p-4/i;;;;;;1-2. The van der Waals surface area contributed by atoms with E-state index in [1.807, 2.05) is 27.7 Å². The van der Waals surface area contributed by atoms with Crippen molar-refractivity contribution < 1.29 is 56.8 Å². The van der Waals surface area contributed by atoms with Crippen molar-refractivity contribution in [2.24, 2.45) is 11.5 Å². The van der Waals surface area contributed by atoms with Gasteiger partial charge >= 0.3 is 21.1 Å². The quantitative estimate of drug-likeness (QED) is 0.410. The van der Waals surface area contributed by atoms with Gasteiger partial charge in [0.15, 0.2) is 0 Å². The van der Waals surface area contributed by atoms with Crippen molar-refractivity contribution >= 4 is 0 Å². The molecule has 0 aromatic carbocycles. The van der Waals surface area contributed by atoms with Crippen molar-refractivity contribution in [1.29, 1.82) is 0 Å². The molecule has 0 saturated heterocycles. The Morgan fingerprint density at radius 3 is 0.692 bits per heavy atom. The zero-order valence-electron chi connectivity index (χ0n) is 8.28. The monoisotopic (exact) mass is 415 g/mol. The van der Waals surface area contributed by atoms with Crippen LogP contribution in [-0.4, -0.2) is 23.0 Å². The van der Waals surface area contributed by atoms with Gasteiger partial charge in [0.2, 0.25) is 0 Å². The maximum absolute atomic E-state index is 5.11. The van der Waals surface area contributed by atoms with Crippen LogP contribution >= 0.6 is 0 Å². The Morgan fingerprint density at radius 1 is 0.692 bits per heavy atom. The van der Waals surface area contributed by atoms with E-state index in [9.17, 15) is 0 Å². The summed E-state index contributed by atoms with van der Waals surface area (Å²) in [4.78, 5) is 0. The zero-order valence-corrected chi connectivity index (χ0v) is 12.1. The molecule has 0 saturated carbocycles. The van der Waals surface area contributed by atoms with Crippen molar-refractivity contribution in [2.75, 3.05) is 0 Å². The molecule has 0 aromatic heterocycles. The smallest absolute Gasteiger partial charge is 1.00 e. The molecule has 0 rings (SSSR count). The summed E-state index contributed by atoms with van der Waals surface area (Å²) in [6.45, 7) is 7.78. The average molecular weight is 416 g/mol. The molecule has 7 heteroatoms. The molecule has 0 unspecified atom stereocenters. The second-order valence-electron chi connectivity index (χ2n) is 2.49. The van der Waals surface area contributed by atoms with Gasteiger partial charge in [-0.05, 0) is 12.1 Å². The molecule has 13 heavy (non-hydrogen) atoms. The van der Waals surface area contributed by atoms with Crippen LogP contribution < -0.4 is 36.3 Å². The van der Waals surface area contributed by atoms with E-state index in [1.54, 1.807) is 0 Å². The van der Waals surface area contributed by atoms with E-state index < -0.39 is 0 Å². The van der Waals surface area contributed by atoms with Crippen LogP contribution in [0.5, 0.6) is 0 Å². The summed E-state index contributed by atoms with van der Waals surface area (Å²) in [6, 6.07) is 0.667. The van der Waals surface area contributed by atoms with Crippen LogP contribution in [0, 0.1) is 0 Å². The summed E-state index contributed by atoms with van der Waals surface area (Å²) in [6.07, 6.45) is 0. The summed E-state index contributed by atoms with van der Waals surface area (Å²) in [5.41, 5.74) is 10.2. The predicted molar refractivity (Wildman–Crippen MR) is 42.5 cm³/mol. The summed E-state index contributed by atoms with van der Waals surface area (Å²) < 4.78 is 0. The van der Waals surface area contributed by atoms with Crippen LogP contribution in [0.2, 0.25) is 0 Å². The van der Waals surface area contributed by atoms with Gasteiger partial charge in [-0.25, -0.2) is 0 Å². The minimum atomic E-state index is 0. The van der Waals surface area contributed by atoms with E-state index in [-0.39, 0.29) is 56.8 Å². The Hall–Kier alpha value is 1.11. The second kappa shape index (κ2) is 38.0. The molecule has 0 aliphatic carbocycles. The number of hydrogen-bond donors (Lipinski definition) is 2. The maximum atomic E-state index is 5.11. The Bertz CT molecular complexity index is 42.1. The van der Waals surface area contributed by atoms with Crippen molar-refractivity contribution in [3.63, 3.8) is 0 Å². The molecular formula is C6H20Cl2N2O2Pt. The number of halogens is 2. The van der Waals surface area contributed by atoms with Gasteiger partial charge in [0.05, 0.1) is 0 Å². The fraction of sp³-hybridized carbons (Fsp3) is 1.00. The Balaban J connectivity index is -0.00000000800. The fourth-order valence-corrected chi connectivity index (χ4v) is 0. The molecule has 0 aromatic rings. The topological polar surface area (TPSA) is 112 Å². The molecule has 0 amide bonds. The van der Waals surface area contributed by atoms with E-state index in [4.69, 9.17) is 11.5 Å². The molecule has 0 radical (unpaired) electrons. The first-order chi connectivity index (χ1) is 3.46. The molecule has 4 nitrogen and oxygen atoms in total. The van der Waals surface area contributed by atoms with Gasteiger partial charge in [-0.15, -0.1) is 0 Å². The predicted octanol–water partition coefficient (Wildman–Crippen LogP) is -5.64. The van der Waals surface area contributed by atoms with Crippen LogP contribution in [-0.2, 0) is 21.1 Å². The summed E-state index contributed by atoms with van der Waals surface area (Å²) in [7, 11) is 0. The molecule has 0 atom stereocenters. The Kier molecular flexibility index (Phi) is 140. The molecular weight excluding hydrogens is 396 g/mol. The normalized spacial score (nSPS) is 5.54. The molecule has 90 valence electrons. The van der Waals surface area contributed by atoms with Gasteiger partial charge in [-0.2, -0.15) is 0 Å². The number of rotatable bonds is 0. The van der Waals surface area contributed by atoms with Crippen LogP contribution in [0.25, 0.3) is 0 Å². The first-order valence-corrected chi connectivity index (χ1v) is 2.98. The molecule has 0 aliphatic rings. The maximum Gasteiger partial charge on any atom is 4.00 e. The average Bonchev–Trinajstić information content (AvgIpc) is 1.25. The molecule has 0 spiro atoms. The summed E-state index contributed by atoms with van der Waals surface area (Å²) in [5.74, 6) is 0. The first kappa shape index (κ1) is 48.0. The number of hydrogen-bond acceptors (Lipinski definition) is 4. The molecule has 6 N–H and O–H groups in total. The van der Waals surface area contributed by atoms with Crippen LogP contribution in [0.1, 0.15) is 27.7 Å². The van der Waals surface area contributed by atoms with Gasteiger partial charge in [0.25, 0.3) is 0 Å². The largest absolute Gasteiger partial charge is 4.00 e. The third-order valence-corrected chi connectivity index (χ3v) is 0. The minimum absolute atomic E-state index is 0. The third-order valence-electron chi connectivity index (χ3n) is 0. The van der Waals surface area contributed by atoms with Crippen LogP contribution in [0.3, 0.4) is 0 Å². The van der Waals surface area contributed by atoms with E-state index >= 15 is 0 Å². The van der Waals surface area contributed by atoms with Gasteiger partial charge in [0.1, 0.15) is 0 Å². The molecule has 0 fully saturated rings. The van der Waals surface area contributed by atoms with E-state index in [0.717, 1.165) is 0 Å². The van der Waals surface area contributed by atoms with Crippen molar-refractivity contribution in [3.05, 3.63) is 0 Å². The fourth-order valence-electron chi connectivity index (χ4n) is 0. The van der Waals surface area contributed by atoms with Crippen molar-refractivity contribution in [1.82, 2.24) is 0 Å². The van der Waals surface area contributed by atoms with Crippen molar-refractivity contribution in [2.45, 2.75) is 39.8 Å². The first-order valence-electron chi connectivity index (χ1n) is 2.98. The van der Waals surface area contributed by atoms with Gasteiger partial charge in [0, 0.05) is 0 Å². The van der Waals surface area contributed by atoms with Crippen molar-refractivity contribution in [3.8, 4) is 0 Å². The summed E-state index contributed by atoms with van der Waals surface area (Å²) >= 11 is 0. The van der Waals surface area contributed by atoms with Gasteiger partial charge in [-0.1, -0.05) is 27.7 Å². The minimum Gasteiger partial charge on any atom is -1.00 e. The van der Waals surface area contributed by atoms with Gasteiger partial charge < -0.3 is 47.2 Å². The van der Waals surface area contributed by atoms with Crippen LogP contribution in [0.4, 0.5) is 0 Å². The SMILES string of the molecule is CC(C)N.CC(C)N.[193Pt+4].[Cl-].[Cl-].[OH-].[OH-]. The van der Waals surface area contributed by atoms with E-state index in [2.05, 4.69) is 0 Å².